The molecule has 5 aliphatic rings. The van der Waals surface area contributed by atoms with Crippen LogP contribution in [-0.2, 0) is 65.3 Å². The fourth-order valence-corrected chi connectivity index (χ4v) is 15.9. The summed E-state index contributed by atoms with van der Waals surface area (Å²) in [6.07, 6.45) is -8.66. The zero-order valence-electron chi connectivity index (χ0n) is 58.5. The maximum Gasteiger partial charge on any atom is 0.330 e. The van der Waals surface area contributed by atoms with Crippen LogP contribution in [-0.4, -0.2) is 184 Å². The molecule has 5 fully saturated rings. The number of aromatic amines is 2. The summed E-state index contributed by atoms with van der Waals surface area (Å²) in [5.74, 6) is 16.2. The molecule has 0 bridgehead atoms. The predicted octanol–water partition coefficient (Wildman–Crippen LogP) is 3.36. The van der Waals surface area contributed by atoms with E-state index in [1.54, 1.807) is 19.9 Å². The van der Waals surface area contributed by atoms with Crippen molar-refractivity contribution >= 4 is 93.6 Å². The average molecular weight is 1590 g/mol. The Morgan fingerprint density at radius 2 is 1.24 bits per heavy atom. The van der Waals surface area contributed by atoms with Gasteiger partial charge in [-0.2, -0.15) is 0 Å². The van der Waals surface area contributed by atoms with Crippen LogP contribution in [0.5, 0.6) is 0 Å². The number of anilines is 1. The van der Waals surface area contributed by atoms with E-state index in [0.717, 1.165) is 40.9 Å². The molecule has 0 aliphatic carbocycles. The number of aliphatic hydroxyl groups excluding tert-OH is 1. The summed E-state index contributed by atoms with van der Waals surface area (Å²) in [7, 11) is -7.33. The largest absolute Gasteiger partial charge is 0.390 e. The molecule has 6 unspecified atom stereocenters. The molecule has 9 N–H and O–H groups in total. The lowest BCUT2D eigenvalue weighted by Gasteiger charge is -2.26. The lowest BCUT2D eigenvalue weighted by molar-refractivity contribution is -0.386. The lowest BCUT2D eigenvalue weighted by atomic mass is 10.0. The number of nitro groups is 2. The van der Waals surface area contributed by atoms with Gasteiger partial charge in [0.15, 0.2) is 0 Å². The third-order valence-corrected chi connectivity index (χ3v) is 21.8. The first kappa shape index (κ1) is 80.2. The number of nitrogen functional groups attached to an aromatic ring is 1. The number of H-pyrrole nitrogens is 2. The molecule has 9 heterocycles. The minimum absolute atomic E-state index is 0.000871. The fraction of sp³-hybridized carbons (Fsp3) is 0.439. The Hall–Kier alpha value is -9.83. The monoisotopic (exact) mass is 1580 g/mol. The van der Waals surface area contributed by atoms with Crippen molar-refractivity contribution in [1.29, 1.82) is 0 Å². The smallest absolute Gasteiger partial charge is 0.330 e. The Morgan fingerprint density at radius 3 is 1.82 bits per heavy atom. The molecule has 0 radical (unpaired) electrons. The van der Waals surface area contributed by atoms with Gasteiger partial charge in [-0.1, -0.05) is 42.4 Å². The number of nitrogens with two attached hydrogens (primary N) is 1. The second-order valence-electron chi connectivity index (χ2n) is 25.2. The molecule has 15 atom stereocenters. The van der Waals surface area contributed by atoms with Gasteiger partial charge in [0.2, 0.25) is 16.1 Å². The summed E-state index contributed by atoms with van der Waals surface area (Å²) in [6.45, 7) is 5.30. The molecule has 43 heteroatoms. The maximum absolute atomic E-state index is 14.7. The van der Waals surface area contributed by atoms with Crippen LogP contribution < -0.4 is 49.5 Å². The number of nitro benzene ring substituents is 2. The Kier molecular flexibility index (Phi) is 25.3. The van der Waals surface area contributed by atoms with Gasteiger partial charge in [-0.25, -0.2) is 19.6 Å². The Labute approximate surface area is 624 Å². The summed E-state index contributed by atoms with van der Waals surface area (Å²) >= 11 is 0.904. The average Bonchev–Trinajstić information content (AvgIpc) is 1.66. The highest BCUT2D eigenvalue weighted by atomic mass is 32.2. The predicted molar refractivity (Wildman–Crippen MR) is 386 cm³/mol. The Bertz CT molecular complexity index is 5190. The molecule has 3 amide bonds. The molecule has 2 aromatic carbocycles. The fourth-order valence-electron chi connectivity index (χ4n) is 12.3. The van der Waals surface area contributed by atoms with Crippen molar-refractivity contribution in [3.63, 3.8) is 0 Å². The van der Waals surface area contributed by atoms with Crippen LogP contribution in [0.1, 0.15) is 116 Å². The molecule has 0 spiro atoms. The van der Waals surface area contributed by atoms with Crippen molar-refractivity contribution in [1.82, 2.24) is 54.9 Å². The number of methoxy groups -OCH3 is 1. The molecule has 576 valence electrons. The van der Waals surface area contributed by atoms with Gasteiger partial charge in [0.1, 0.15) is 72.0 Å². The van der Waals surface area contributed by atoms with Crippen LogP contribution in [0.2, 0.25) is 0 Å². The number of carbonyl (C=O) groups excluding carboxylic acids is 5. The number of hydrogen-bond donors (Lipinski definition) is 8. The summed E-state index contributed by atoms with van der Waals surface area (Å²) in [5, 5.41) is 45.1. The number of nitrogens with one attached hydrogen (secondary N) is 6. The van der Waals surface area contributed by atoms with Crippen molar-refractivity contribution in [2.75, 3.05) is 65.6 Å². The maximum atomic E-state index is 14.7. The van der Waals surface area contributed by atoms with Crippen molar-refractivity contribution in [2.24, 2.45) is 0 Å². The van der Waals surface area contributed by atoms with E-state index >= 15 is 0 Å². The van der Waals surface area contributed by atoms with Crippen molar-refractivity contribution in [3.8, 4) is 35.5 Å². The van der Waals surface area contributed by atoms with Crippen LogP contribution in [0.3, 0.4) is 0 Å². The van der Waals surface area contributed by atoms with Gasteiger partial charge in [0.05, 0.1) is 89.7 Å². The highest BCUT2D eigenvalue weighted by Crippen LogP contribution is 2.53. The number of thioether (sulfide) groups is 2. The topological polar surface area (TPSA) is 524 Å². The van der Waals surface area contributed by atoms with Crippen LogP contribution in [0.25, 0.3) is 11.0 Å². The molecule has 0 saturated carbocycles. The van der Waals surface area contributed by atoms with Crippen LogP contribution in [0.4, 0.5) is 26.8 Å². The molecule has 6 aromatic rings. The molecule has 109 heavy (non-hydrogen) atoms. The van der Waals surface area contributed by atoms with Crippen LogP contribution in [0.15, 0.2) is 80.5 Å². The van der Waals surface area contributed by atoms with E-state index in [2.05, 4.69) is 76.7 Å². The third kappa shape index (κ3) is 19.4. The minimum Gasteiger partial charge on any atom is -0.390 e. The first-order chi connectivity index (χ1) is 51.8. The normalized spacial score (nSPS) is 24.2. The molecule has 4 aromatic heterocycles. The highest BCUT2D eigenvalue weighted by Gasteiger charge is 2.46. The van der Waals surface area contributed by atoms with Crippen LogP contribution in [0, 0.1) is 55.8 Å². The van der Waals surface area contributed by atoms with E-state index in [-0.39, 0.29) is 119 Å². The number of hydrogen-bond acceptors (Lipinski definition) is 31. The summed E-state index contributed by atoms with van der Waals surface area (Å²) in [6, 6.07) is 6.65. The number of carbonyl (C=O) groups is 5. The van der Waals surface area contributed by atoms with Gasteiger partial charge in [-0.15, -0.1) is 0 Å². The van der Waals surface area contributed by atoms with Crippen LogP contribution >= 0.6 is 38.7 Å². The number of aliphatic hydroxyl groups is 1. The van der Waals surface area contributed by atoms with Gasteiger partial charge in [0.25, 0.3) is 33.0 Å². The van der Waals surface area contributed by atoms with E-state index in [0.29, 0.717) is 23.5 Å². The number of nitrogens with zero attached hydrogens (tertiary/aromatic N) is 7. The summed E-state index contributed by atoms with van der Waals surface area (Å²) in [5.41, 5.74) is 2.43. The van der Waals surface area contributed by atoms with Gasteiger partial charge >= 0.3 is 26.6 Å². The van der Waals surface area contributed by atoms with E-state index in [1.165, 1.54) is 55.4 Å². The quantitative estimate of drug-likeness (QED) is 0.0176. The van der Waals surface area contributed by atoms with E-state index < -0.39 is 167 Å². The lowest BCUT2D eigenvalue weighted by Crippen LogP contribution is -2.49. The summed E-state index contributed by atoms with van der Waals surface area (Å²) < 4.78 is 86.8. The first-order valence-corrected chi connectivity index (χ1v) is 39.0. The third-order valence-electron chi connectivity index (χ3n) is 17.6. The second-order valence-corrected chi connectivity index (χ2v) is 31.2. The molecule has 5 saturated heterocycles. The van der Waals surface area contributed by atoms with Crippen molar-refractivity contribution in [3.05, 3.63) is 162 Å². The first-order valence-electron chi connectivity index (χ1n) is 33.4. The zero-order chi connectivity index (χ0) is 78.3. The highest BCUT2D eigenvalue weighted by molar-refractivity contribution is 8.26. The van der Waals surface area contributed by atoms with Crippen molar-refractivity contribution in [2.45, 2.75) is 126 Å². The van der Waals surface area contributed by atoms with Gasteiger partial charge in [-0.05, 0) is 38.1 Å². The molecular weight excluding hydrogens is 1510 g/mol. The standard InChI is InChI=1S/C66H70N14O25P2S2/c1-7-52(82)68-18-8-9-38-27-77(63(87)74-59(38)83)54-22-46(50(102-54)29-97-4)104-107(6,96)99-31-51-47(23-55(103-51)78-28-39(60(84)75-64(78)88)15-11-36-13-17-41(44(20-36)80(93)94)34(3)100-48-25-70-66(90)109-62(48)86)105-106(5,95)98-30-49-45(81)21-53(101-49)76-26-37(56-57(67)71-32-72-58(56)76)14-10-35-12-16-40(43(19-35)79(91)92)33(2)73-42-24-69-65(89)108-61(42)85/h12-13,16-17,19-20,26-28,32-34,42,45-51,53-55,73,81H,7,18,21-25,29-31H2,1-6H3,(H,68,82)(H,69,89)(H,70,90)(H2,67,71,72)(H,74,83,87)(H,75,84,88)/t33?,34?,42?,45-,46-,47-,48?,49+,50+,51+,53+,54+,55+,106?,107?/m0/s1. The Balaban J connectivity index is 0.812. The number of aromatic nitrogens is 7. The second kappa shape index (κ2) is 34.4. The van der Waals surface area contributed by atoms with Gasteiger partial charge < -0.3 is 73.1 Å². The van der Waals surface area contributed by atoms with E-state index in [4.69, 9.17) is 47.5 Å². The van der Waals surface area contributed by atoms with Gasteiger partial charge in [-0.3, -0.25) is 87.3 Å². The minimum atomic E-state index is -4.38. The number of fused-ring (bicyclic) bond motifs is 1. The number of benzene rings is 2. The number of rotatable bonds is 25. The van der Waals surface area contributed by atoms with Gasteiger partial charge in [0, 0.05) is 130 Å². The Morgan fingerprint density at radius 1 is 0.716 bits per heavy atom. The van der Waals surface area contributed by atoms with E-state index in [1.807, 2.05) is 0 Å². The van der Waals surface area contributed by atoms with E-state index in [9.17, 15) is 77.6 Å². The molecule has 5 aliphatic heterocycles. The molecule has 39 nitrogen and oxygen atoms in total. The molecular formula is C66H70N14O25P2S2. The number of amides is 3. The summed E-state index contributed by atoms with van der Waals surface area (Å²) in [4.78, 5) is 150. The van der Waals surface area contributed by atoms with Crippen molar-refractivity contribution < 1.29 is 89.8 Å². The zero-order valence-corrected chi connectivity index (χ0v) is 61.9. The SMILES string of the molecule is CCC(=O)NCC#Cc1cn([C@H]2C[C@H](OP(C)(=O)OC[C@H]3O[C@@H](n4cc(C#Cc5ccc(C(C)OC6CNC(=O)SC6=O)c([N+](=O)[O-])c5)c(=O)[nH]c4=O)C[C@@H]3OP(C)(=O)OC[C@H]3O[C@@H](n4cc(C#Cc5ccc(C(C)NC6CNC(=O)SC6=O)c([N+](=O)[O-])c5)c5c(N)ncnc54)C[C@@H]3O)[C@@H](COC)O2)c(=O)[nH]c1=O. The molecule has 11 rings (SSSR count). The number of ether oxygens (including phenoxy) is 5.